The molecule has 0 amide bonds. The Morgan fingerprint density at radius 3 is 1.36 bits per heavy atom. The molecule has 0 aliphatic rings. The summed E-state index contributed by atoms with van der Waals surface area (Å²) in [5.41, 5.74) is -0.889. The van der Waals surface area contributed by atoms with Crippen LogP contribution < -0.4 is 0 Å². The molecule has 28 heavy (non-hydrogen) atoms. The van der Waals surface area contributed by atoms with Crippen molar-refractivity contribution in [3.05, 3.63) is 0 Å². The molecule has 0 aromatic heterocycles. The van der Waals surface area contributed by atoms with Gasteiger partial charge in [-0.3, -0.25) is 9.59 Å². The second kappa shape index (κ2) is 14.9. The maximum Gasteiger partial charge on any atom is 0.310 e. The predicted octanol–water partition coefficient (Wildman–Crippen LogP) is 7.45. The van der Waals surface area contributed by atoms with E-state index in [1.807, 2.05) is 0 Å². The zero-order chi connectivity index (χ0) is 21.5. The molecule has 0 unspecified atom stereocenters. The van der Waals surface area contributed by atoms with Gasteiger partial charge in [-0.25, -0.2) is 0 Å². The summed E-state index contributed by atoms with van der Waals surface area (Å²) in [5, 5.41) is 19.6. The first kappa shape index (κ1) is 26.9. The van der Waals surface area contributed by atoms with Crippen molar-refractivity contribution in [2.45, 2.75) is 130 Å². The van der Waals surface area contributed by atoms with Crippen molar-refractivity contribution in [3.63, 3.8) is 0 Å². The lowest BCUT2D eigenvalue weighted by Gasteiger charge is -2.50. The molecule has 0 aliphatic heterocycles. The van der Waals surface area contributed by atoms with E-state index < -0.39 is 17.4 Å². The zero-order valence-corrected chi connectivity index (χ0v) is 19.0. The lowest BCUT2D eigenvalue weighted by atomic mass is 9.53. The van der Waals surface area contributed by atoms with Gasteiger partial charge in [-0.1, -0.05) is 85.5 Å². The van der Waals surface area contributed by atoms with Gasteiger partial charge in [-0.2, -0.15) is 0 Å². The van der Waals surface area contributed by atoms with E-state index in [4.69, 9.17) is 5.11 Å². The van der Waals surface area contributed by atoms with Crippen molar-refractivity contribution < 1.29 is 19.8 Å². The predicted molar refractivity (Wildman–Crippen MR) is 117 cm³/mol. The number of rotatable bonds is 19. The van der Waals surface area contributed by atoms with Gasteiger partial charge in [0, 0.05) is 6.42 Å². The van der Waals surface area contributed by atoms with Gasteiger partial charge < -0.3 is 10.2 Å². The SMILES string of the molecule is CCCCC(CCCC)(CCCCC(=O)O)C(CCCC)(CCCC)C(=O)O. The second-order valence-electron chi connectivity index (χ2n) is 8.68. The minimum atomic E-state index is -0.755. The third-order valence-electron chi connectivity index (χ3n) is 6.65. The van der Waals surface area contributed by atoms with Crippen molar-refractivity contribution in [2.75, 3.05) is 0 Å². The summed E-state index contributed by atoms with van der Waals surface area (Å²) in [5.74, 6) is -1.37. The van der Waals surface area contributed by atoms with Gasteiger partial charge in [0.25, 0.3) is 0 Å². The quantitative estimate of drug-likeness (QED) is 0.222. The van der Waals surface area contributed by atoms with Gasteiger partial charge in [0.2, 0.25) is 0 Å². The highest BCUT2D eigenvalue weighted by Crippen LogP contribution is 2.56. The normalized spacial score (nSPS) is 12.3. The molecule has 0 bridgehead atoms. The van der Waals surface area contributed by atoms with Crippen molar-refractivity contribution in [3.8, 4) is 0 Å². The Morgan fingerprint density at radius 1 is 0.607 bits per heavy atom. The Morgan fingerprint density at radius 2 is 1.00 bits per heavy atom. The van der Waals surface area contributed by atoms with Crippen LogP contribution in [0.5, 0.6) is 0 Å². The molecule has 0 aliphatic carbocycles. The maximum atomic E-state index is 12.9. The zero-order valence-electron chi connectivity index (χ0n) is 19.0. The highest BCUT2D eigenvalue weighted by molar-refractivity contribution is 5.76. The van der Waals surface area contributed by atoms with Gasteiger partial charge in [0.1, 0.15) is 0 Å². The van der Waals surface area contributed by atoms with Crippen LogP contribution in [-0.4, -0.2) is 22.2 Å². The third kappa shape index (κ3) is 8.13. The largest absolute Gasteiger partial charge is 0.481 e. The lowest BCUT2D eigenvalue weighted by molar-refractivity contribution is -0.164. The van der Waals surface area contributed by atoms with Crippen LogP contribution in [0.3, 0.4) is 0 Å². The van der Waals surface area contributed by atoms with E-state index in [0.29, 0.717) is 6.42 Å². The first-order chi connectivity index (χ1) is 13.4. The summed E-state index contributed by atoms with van der Waals surface area (Å²) in [6, 6.07) is 0. The molecule has 0 spiro atoms. The molecule has 0 atom stereocenters. The number of carbonyl (C=O) groups is 2. The minimum absolute atomic E-state index is 0.182. The molecule has 0 rings (SSSR count). The molecule has 4 heteroatoms. The molecule has 0 radical (unpaired) electrons. The van der Waals surface area contributed by atoms with Gasteiger partial charge in [-0.15, -0.1) is 0 Å². The van der Waals surface area contributed by atoms with Crippen molar-refractivity contribution in [1.29, 1.82) is 0 Å². The summed E-state index contributed by atoms with van der Waals surface area (Å²) in [6.07, 6.45) is 14.1. The number of carboxylic acids is 2. The fourth-order valence-corrected chi connectivity index (χ4v) is 4.92. The summed E-state index contributed by atoms with van der Waals surface area (Å²) < 4.78 is 0. The molecule has 0 saturated carbocycles. The van der Waals surface area contributed by atoms with Crippen LogP contribution in [-0.2, 0) is 9.59 Å². The van der Waals surface area contributed by atoms with Crippen LogP contribution in [0.1, 0.15) is 130 Å². The Bertz CT molecular complexity index is 414. The van der Waals surface area contributed by atoms with Crippen LogP contribution in [0.4, 0.5) is 0 Å². The topological polar surface area (TPSA) is 74.6 Å². The van der Waals surface area contributed by atoms with Crippen molar-refractivity contribution >= 4 is 11.9 Å². The molecule has 0 aromatic carbocycles. The highest BCUT2D eigenvalue weighted by atomic mass is 16.4. The Labute approximate surface area is 173 Å². The number of unbranched alkanes of at least 4 members (excludes halogenated alkanes) is 5. The highest BCUT2D eigenvalue weighted by Gasteiger charge is 2.53. The standard InChI is InChI=1S/C24H46O4/c1-5-9-16-23(17-10-6-2,18-14-13-15-21(25)26)24(22(27)28,19-11-7-3)20-12-8-4/h5-20H2,1-4H3,(H,25,26)(H,27,28). The van der Waals surface area contributed by atoms with Crippen LogP contribution >= 0.6 is 0 Å². The number of hydrogen-bond donors (Lipinski definition) is 2. The molecule has 0 heterocycles. The Balaban J connectivity index is 6.01. The molecular weight excluding hydrogens is 352 g/mol. The average molecular weight is 399 g/mol. The van der Waals surface area contributed by atoms with Crippen molar-refractivity contribution in [1.82, 2.24) is 0 Å². The lowest BCUT2D eigenvalue weighted by Crippen LogP contribution is -2.48. The third-order valence-corrected chi connectivity index (χ3v) is 6.65. The van der Waals surface area contributed by atoms with E-state index in [1.165, 1.54) is 0 Å². The second-order valence-corrected chi connectivity index (χ2v) is 8.68. The van der Waals surface area contributed by atoms with E-state index in [2.05, 4.69) is 27.7 Å². The van der Waals surface area contributed by atoms with E-state index in [9.17, 15) is 14.7 Å². The smallest absolute Gasteiger partial charge is 0.310 e. The van der Waals surface area contributed by atoms with Crippen LogP contribution in [0, 0.1) is 10.8 Å². The summed E-state index contributed by atoms with van der Waals surface area (Å²) >= 11 is 0. The van der Waals surface area contributed by atoms with E-state index in [0.717, 1.165) is 89.9 Å². The molecular formula is C24H46O4. The fourth-order valence-electron chi connectivity index (χ4n) is 4.92. The first-order valence-corrected chi connectivity index (χ1v) is 11.8. The average Bonchev–Trinajstić information content (AvgIpc) is 2.67. The van der Waals surface area contributed by atoms with E-state index >= 15 is 0 Å². The summed E-state index contributed by atoms with van der Waals surface area (Å²) in [4.78, 5) is 23.8. The van der Waals surface area contributed by atoms with Gasteiger partial charge in [0.15, 0.2) is 0 Å². The van der Waals surface area contributed by atoms with Crippen LogP contribution in [0.2, 0.25) is 0 Å². The Kier molecular flexibility index (Phi) is 14.3. The summed E-state index contributed by atoms with van der Waals surface area (Å²) in [7, 11) is 0. The number of aliphatic carboxylic acids is 2. The molecule has 0 fully saturated rings. The van der Waals surface area contributed by atoms with Crippen molar-refractivity contribution in [2.24, 2.45) is 10.8 Å². The number of hydrogen-bond acceptors (Lipinski definition) is 2. The molecule has 0 saturated heterocycles. The Hall–Kier alpha value is -1.06. The molecule has 2 N–H and O–H groups in total. The van der Waals surface area contributed by atoms with Gasteiger partial charge in [-0.05, 0) is 43.9 Å². The summed E-state index contributed by atoms with van der Waals surface area (Å²) in [6.45, 7) is 8.63. The van der Waals surface area contributed by atoms with E-state index in [1.54, 1.807) is 0 Å². The van der Waals surface area contributed by atoms with Crippen LogP contribution in [0.25, 0.3) is 0 Å². The van der Waals surface area contributed by atoms with Crippen LogP contribution in [0.15, 0.2) is 0 Å². The minimum Gasteiger partial charge on any atom is -0.481 e. The van der Waals surface area contributed by atoms with Gasteiger partial charge in [0.05, 0.1) is 5.41 Å². The molecule has 0 aromatic rings. The fraction of sp³-hybridized carbons (Fsp3) is 0.917. The monoisotopic (exact) mass is 398 g/mol. The first-order valence-electron chi connectivity index (χ1n) is 11.8. The molecule has 166 valence electrons. The molecule has 4 nitrogen and oxygen atoms in total. The maximum absolute atomic E-state index is 12.9. The number of carboxylic acid groups (broad SMARTS) is 2. The van der Waals surface area contributed by atoms with Gasteiger partial charge >= 0.3 is 11.9 Å². The van der Waals surface area contributed by atoms with E-state index in [-0.39, 0.29) is 11.8 Å².